The van der Waals surface area contributed by atoms with E-state index in [0.717, 1.165) is 13.0 Å². The Bertz CT molecular complexity index is 591. The molecule has 2 aromatic rings. The third-order valence-corrected chi connectivity index (χ3v) is 4.86. The molecule has 3 unspecified atom stereocenters. The van der Waals surface area contributed by atoms with E-state index < -0.39 is 0 Å². The Labute approximate surface area is 132 Å². The molecule has 1 nitrogen and oxygen atoms in total. The molecule has 0 saturated carbocycles. The van der Waals surface area contributed by atoms with Gasteiger partial charge in [0.2, 0.25) is 0 Å². The fraction of sp³-hybridized carbons (Fsp3) is 0.400. The lowest BCUT2D eigenvalue weighted by Gasteiger charge is -2.38. The van der Waals surface area contributed by atoms with Crippen molar-refractivity contribution in [1.29, 1.82) is 0 Å². The molecule has 1 radical (unpaired) electrons. The molecule has 2 aromatic carbocycles. The average Bonchev–Trinajstić information content (AvgIpc) is 2.56. The van der Waals surface area contributed by atoms with Gasteiger partial charge in [-0.05, 0) is 41.5 Å². The number of piperidine rings is 1. The van der Waals surface area contributed by atoms with Crippen molar-refractivity contribution < 1.29 is 4.39 Å². The van der Waals surface area contributed by atoms with Crippen LogP contribution >= 0.6 is 0 Å². The van der Waals surface area contributed by atoms with Crippen LogP contribution in [0.25, 0.3) is 0 Å². The van der Waals surface area contributed by atoms with E-state index in [-0.39, 0.29) is 11.9 Å². The fourth-order valence-electron chi connectivity index (χ4n) is 3.41. The van der Waals surface area contributed by atoms with E-state index in [9.17, 15) is 4.39 Å². The molecule has 1 heterocycles. The normalized spacial score (nSPS) is 25.4. The van der Waals surface area contributed by atoms with Gasteiger partial charge in [0.1, 0.15) is 5.82 Å². The number of benzene rings is 2. The zero-order chi connectivity index (χ0) is 15.5. The quantitative estimate of drug-likeness (QED) is 0.762. The first-order valence-corrected chi connectivity index (χ1v) is 8.12. The lowest BCUT2D eigenvalue weighted by atomic mass is 9.74. The van der Waals surface area contributed by atoms with Crippen LogP contribution < -0.4 is 5.32 Å². The summed E-state index contributed by atoms with van der Waals surface area (Å²) in [5.74, 6) is 1.40. The lowest BCUT2D eigenvalue weighted by molar-refractivity contribution is 0.221. The molecule has 1 aliphatic rings. The maximum absolute atomic E-state index is 13.3. The third kappa shape index (κ3) is 3.22. The highest BCUT2D eigenvalue weighted by Gasteiger charge is 2.34. The summed E-state index contributed by atoms with van der Waals surface area (Å²) in [6.45, 7) is 5.46. The largest absolute Gasteiger partial charge is 0.233 e. The fourth-order valence-corrected chi connectivity index (χ4v) is 3.41. The van der Waals surface area contributed by atoms with Crippen molar-refractivity contribution in [1.82, 2.24) is 5.32 Å². The van der Waals surface area contributed by atoms with E-state index in [2.05, 4.69) is 38.1 Å². The summed E-state index contributed by atoms with van der Waals surface area (Å²) >= 11 is 0. The molecule has 22 heavy (non-hydrogen) atoms. The molecule has 0 bridgehead atoms. The summed E-state index contributed by atoms with van der Waals surface area (Å²) in [5, 5.41) is 4.99. The second-order valence-electron chi connectivity index (χ2n) is 6.62. The Balaban J connectivity index is 1.92. The van der Waals surface area contributed by atoms with Crippen LogP contribution in [-0.2, 0) is 0 Å². The molecular formula is C20H23FN. The first kappa shape index (κ1) is 15.2. The predicted molar refractivity (Wildman–Crippen MR) is 88.3 cm³/mol. The smallest absolute Gasteiger partial charge is 0.123 e. The van der Waals surface area contributed by atoms with Crippen LogP contribution in [0.1, 0.15) is 43.4 Å². The van der Waals surface area contributed by atoms with Gasteiger partial charge in [-0.25, -0.2) is 9.71 Å². The molecule has 0 amide bonds. The third-order valence-electron chi connectivity index (χ3n) is 4.86. The van der Waals surface area contributed by atoms with E-state index in [0.29, 0.717) is 17.8 Å². The Morgan fingerprint density at radius 3 is 2.27 bits per heavy atom. The number of hydrogen-bond acceptors (Lipinski definition) is 0. The van der Waals surface area contributed by atoms with Crippen molar-refractivity contribution in [3.05, 3.63) is 71.5 Å². The molecular weight excluding hydrogens is 273 g/mol. The van der Waals surface area contributed by atoms with Gasteiger partial charge in [-0.1, -0.05) is 56.3 Å². The molecule has 3 rings (SSSR count). The molecule has 1 saturated heterocycles. The molecule has 0 N–H and O–H groups in total. The molecule has 115 valence electrons. The van der Waals surface area contributed by atoms with Gasteiger partial charge in [0.15, 0.2) is 0 Å². The first-order chi connectivity index (χ1) is 10.6. The van der Waals surface area contributed by atoms with E-state index in [1.54, 1.807) is 12.1 Å². The van der Waals surface area contributed by atoms with Crippen LogP contribution in [0.3, 0.4) is 0 Å². The van der Waals surface area contributed by atoms with E-state index >= 15 is 0 Å². The van der Waals surface area contributed by atoms with E-state index in [4.69, 9.17) is 5.32 Å². The maximum Gasteiger partial charge on any atom is 0.123 e. The zero-order valence-corrected chi connectivity index (χ0v) is 13.2. The molecule has 0 aliphatic carbocycles. The predicted octanol–water partition coefficient (Wildman–Crippen LogP) is 4.93. The van der Waals surface area contributed by atoms with Crippen molar-refractivity contribution in [3.8, 4) is 0 Å². The van der Waals surface area contributed by atoms with Crippen LogP contribution in [0, 0.1) is 17.7 Å². The van der Waals surface area contributed by atoms with Crippen molar-refractivity contribution in [2.75, 3.05) is 6.54 Å². The van der Waals surface area contributed by atoms with Crippen molar-refractivity contribution in [2.45, 2.75) is 32.2 Å². The summed E-state index contributed by atoms with van der Waals surface area (Å²) in [5.41, 5.74) is 2.46. The Morgan fingerprint density at radius 1 is 0.955 bits per heavy atom. The highest BCUT2D eigenvalue weighted by atomic mass is 19.1. The van der Waals surface area contributed by atoms with Crippen LogP contribution in [0.2, 0.25) is 0 Å². The van der Waals surface area contributed by atoms with Crippen LogP contribution in [0.15, 0.2) is 54.6 Å². The first-order valence-electron chi connectivity index (χ1n) is 8.12. The molecule has 3 atom stereocenters. The standard InChI is InChI=1S/C20H23FN/c1-14(2)17-12-19(15-8-10-18(21)11-9-15)20(22-13-17)16-6-4-3-5-7-16/h3-11,14,17,19-20H,12-13H2,1-2H3. The number of nitrogens with zero attached hydrogens (tertiary/aromatic N) is 1. The van der Waals surface area contributed by atoms with E-state index in [1.165, 1.54) is 11.1 Å². The van der Waals surface area contributed by atoms with Gasteiger partial charge in [0.25, 0.3) is 0 Å². The van der Waals surface area contributed by atoms with Gasteiger partial charge in [0, 0.05) is 12.5 Å². The number of halogens is 1. The van der Waals surface area contributed by atoms with Crippen molar-refractivity contribution in [2.24, 2.45) is 11.8 Å². The molecule has 0 spiro atoms. The van der Waals surface area contributed by atoms with Crippen LogP contribution in [-0.4, -0.2) is 6.54 Å². The second-order valence-corrected chi connectivity index (χ2v) is 6.62. The van der Waals surface area contributed by atoms with Crippen LogP contribution in [0.5, 0.6) is 0 Å². The minimum absolute atomic E-state index is 0.173. The maximum atomic E-state index is 13.3. The lowest BCUT2D eigenvalue weighted by Crippen LogP contribution is -2.35. The number of hydrogen-bond donors (Lipinski definition) is 0. The minimum Gasteiger partial charge on any atom is -0.233 e. The molecule has 1 aliphatic heterocycles. The van der Waals surface area contributed by atoms with Gasteiger partial charge in [-0.2, -0.15) is 0 Å². The van der Waals surface area contributed by atoms with E-state index in [1.807, 2.05) is 18.2 Å². The van der Waals surface area contributed by atoms with Gasteiger partial charge in [0.05, 0.1) is 6.04 Å². The summed E-state index contributed by atoms with van der Waals surface area (Å²) in [6, 6.07) is 17.6. The monoisotopic (exact) mass is 296 g/mol. The highest BCUT2D eigenvalue weighted by molar-refractivity contribution is 5.29. The van der Waals surface area contributed by atoms with Gasteiger partial charge in [-0.3, -0.25) is 0 Å². The molecule has 2 heteroatoms. The Morgan fingerprint density at radius 2 is 1.64 bits per heavy atom. The molecule has 0 aromatic heterocycles. The average molecular weight is 296 g/mol. The second kappa shape index (κ2) is 6.62. The van der Waals surface area contributed by atoms with Gasteiger partial charge >= 0.3 is 0 Å². The highest BCUT2D eigenvalue weighted by Crippen LogP contribution is 2.42. The van der Waals surface area contributed by atoms with Gasteiger partial charge in [-0.15, -0.1) is 0 Å². The summed E-state index contributed by atoms with van der Waals surface area (Å²) < 4.78 is 13.3. The topological polar surface area (TPSA) is 14.1 Å². The summed E-state index contributed by atoms with van der Waals surface area (Å²) in [6.07, 6.45) is 1.12. The summed E-state index contributed by atoms with van der Waals surface area (Å²) in [4.78, 5) is 0. The Hall–Kier alpha value is -1.67. The zero-order valence-electron chi connectivity index (χ0n) is 13.2. The SMILES string of the molecule is CC(C)C1C[N]C(c2ccccc2)C(c2ccc(F)cc2)C1. The summed E-state index contributed by atoms with van der Waals surface area (Å²) in [7, 11) is 0. The van der Waals surface area contributed by atoms with Crippen LogP contribution in [0.4, 0.5) is 4.39 Å². The van der Waals surface area contributed by atoms with Crippen molar-refractivity contribution in [3.63, 3.8) is 0 Å². The molecule has 1 fully saturated rings. The minimum atomic E-state index is -0.173. The van der Waals surface area contributed by atoms with Gasteiger partial charge < -0.3 is 0 Å². The Kier molecular flexibility index (Phi) is 4.58. The van der Waals surface area contributed by atoms with Crippen molar-refractivity contribution >= 4 is 0 Å². The number of rotatable bonds is 3.